The molecule has 1 aliphatic heterocycles. The first kappa shape index (κ1) is 21.0. The highest BCUT2D eigenvalue weighted by Gasteiger charge is 2.44. The number of amides is 1. The lowest BCUT2D eigenvalue weighted by molar-refractivity contribution is -0.133. The number of guanidine groups is 1. The fourth-order valence-electron chi connectivity index (χ4n) is 3.59. The van der Waals surface area contributed by atoms with Crippen molar-refractivity contribution in [2.75, 3.05) is 26.7 Å². The normalized spacial score (nSPS) is 21.3. The van der Waals surface area contributed by atoms with Crippen LogP contribution in [-0.2, 0) is 10.2 Å². The van der Waals surface area contributed by atoms with E-state index < -0.39 is 0 Å². The van der Waals surface area contributed by atoms with Gasteiger partial charge in [0.05, 0.1) is 0 Å². The summed E-state index contributed by atoms with van der Waals surface area (Å²) in [7, 11) is 1.81. The summed E-state index contributed by atoms with van der Waals surface area (Å²) < 4.78 is 0. The molecule has 1 unspecified atom stereocenters. The number of rotatable bonds is 5. The average molecular weight is 470 g/mol. The quantitative estimate of drug-likeness (QED) is 0.396. The van der Waals surface area contributed by atoms with Crippen LogP contribution in [0.15, 0.2) is 35.3 Å². The average Bonchev–Trinajstić information content (AvgIpc) is 3.29. The van der Waals surface area contributed by atoms with Gasteiger partial charge in [0, 0.05) is 44.1 Å². The van der Waals surface area contributed by atoms with Crippen molar-refractivity contribution in [3.8, 4) is 0 Å². The minimum Gasteiger partial charge on any atom is -0.356 e. The van der Waals surface area contributed by atoms with Crippen LogP contribution < -0.4 is 10.6 Å². The van der Waals surface area contributed by atoms with E-state index in [-0.39, 0.29) is 47.3 Å². The molecule has 2 aliphatic rings. The van der Waals surface area contributed by atoms with E-state index in [9.17, 15) is 4.79 Å². The molecule has 2 fully saturated rings. The number of nitrogens with zero attached hydrogens (tertiary/aromatic N) is 2. The third-order valence-electron chi connectivity index (χ3n) is 5.39. The zero-order valence-electron chi connectivity index (χ0n) is 16.0. The summed E-state index contributed by atoms with van der Waals surface area (Å²) in [4.78, 5) is 18.5. The summed E-state index contributed by atoms with van der Waals surface area (Å²) in [6.45, 7) is 6.42. The molecule has 2 N–H and O–H groups in total. The maximum atomic E-state index is 12.1. The van der Waals surface area contributed by atoms with E-state index in [1.807, 2.05) is 25.8 Å². The number of carbonyl (C=O) groups is 1. The summed E-state index contributed by atoms with van der Waals surface area (Å²) >= 11 is 0. The number of carbonyl (C=O) groups excluding carboxylic acids is 1. The van der Waals surface area contributed by atoms with Gasteiger partial charge in [-0.25, -0.2) is 0 Å². The Labute approximate surface area is 174 Å². The van der Waals surface area contributed by atoms with Crippen LogP contribution in [0.1, 0.15) is 38.7 Å². The molecule has 0 bridgehead atoms. The predicted octanol–water partition coefficient (Wildman–Crippen LogP) is 2.76. The fraction of sp³-hybridized carbons (Fsp3) is 0.600. The Hall–Kier alpha value is -1.31. The second-order valence-electron chi connectivity index (χ2n) is 7.64. The van der Waals surface area contributed by atoms with E-state index in [1.165, 1.54) is 18.4 Å². The molecule has 1 aromatic carbocycles. The largest absolute Gasteiger partial charge is 0.356 e. The van der Waals surface area contributed by atoms with Crippen LogP contribution in [0, 0.1) is 5.92 Å². The maximum absolute atomic E-state index is 12.1. The SMILES string of the molecule is CN=C(NCC1(c2ccccc2)CC1)NC1CCN(C(=O)C(C)C)C1.I. The molecule has 144 valence electrons. The molecule has 1 atom stereocenters. The number of hydrogen-bond donors (Lipinski definition) is 2. The Morgan fingerprint density at radius 3 is 2.58 bits per heavy atom. The number of halogens is 1. The number of aliphatic imine (C=N–C) groups is 1. The molecule has 0 radical (unpaired) electrons. The number of benzene rings is 1. The Morgan fingerprint density at radius 1 is 1.31 bits per heavy atom. The minimum atomic E-state index is 0. The molecule has 0 aromatic heterocycles. The molecule has 0 spiro atoms. The summed E-state index contributed by atoms with van der Waals surface area (Å²) in [6, 6.07) is 11.0. The van der Waals surface area contributed by atoms with E-state index in [0.717, 1.165) is 32.0 Å². The third kappa shape index (κ3) is 4.90. The van der Waals surface area contributed by atoms with Crippen LogP contribution in [0.25, 0.3) is 0 Å². The third-order valence-corrected chi connectivity index (χ3v) is 5.39. The molecule has 3 rings (SSSR count). The van der Waals surface area contributed by atoms with E-state index in [2.05, 4.69) is 46.0 Å². The highest BCUT2D eigenvalue weighted by atomic mass is 127. The van der Waals surface area contributed by atoms with Crippen molar-refractivity contribution in [2.45, 2.75) is 44.6 Å². The second-order valence-corrected chi connectivity index (χ2v) is 7.64. The van der Waals surface area contributed by atoms with Crippen LogP contribution in [0.2, 0.25) is 0 Å². The topological polar surface area (TPSA) is 56.7 Å². The fourth-order valence-corrected chi connectivity index (χ4v) is 3.59. The lowest BCUT2D eigenvalue weighted by Gasteiger charge is -2.22. The predicted molar refractivity (Wildman–Crippen MR) is 117 cm³/mol. The van der Waals surface area contributed by atoms with Gasteiger partial charge in [-0.2, -0.15) is 0 Å². The van der Waals surface area contributed by atoms with Crippen molar-refractivity contribution in [2.24, 2.45) is 10.9 Å². The molecule has 1 aromatic rings. The van der Waals surface area contributed by atoms with Crippen LogP contribution >= 0.6 is 24.0 Å². The Balaban J connectivity index is 0.00000243. The van der Waals surface area contributed by atoms with Crippen molar-refractivity contribution in [1.82, 2.24) is 15.5 Å². The van der Waals surface area contributed by atoms with Gasteiger partial charge in [0.15, 0.2) is 5.96 Å². The maximum Gasteiger partial charge on any atom is 0.225 e. The number of hydrogen-bond acceptors (Lipinski definition) is 2. The van der Waals surface area contributed by atoms with E-state index >= 15 is 0 Å². The van der Waals surface area contributed by atoms with Crippen LogP contribution in [0.5, 0.6) is 0 Å². The van der Waals surface area contributed by atoms with E-state index in [0.29, 0.717) is 0 Å². The van der Waals surface area contributed by atoms with E-state index in [4.69, 9.17) is 0 Å². The molecule has 1 saturated heterocycles. The van der Waals surface area contributed by atoms with Gasteiger partial charge in [-0.15, -0.1) is 24.0 Å². The van der Waals surface area contributed by atoms with Crippen molar-refractivity contribution >= 4 is 35.8 Å². The Kier molecular flexibility index (Phi) is 7.32. The van der Waals surface area contributed by atoms with Crippen molar-refractivity contribution in [3.05, 3.63) is 35.9 Å². The zero-order valence-corrected chi connectivity index (χ0v) is 18.3. The summed E-state index contributed by atoms with van der Waals surface area (Å²) in [5, 5.41) is 6.99. The first-order valence-electron chi connectivity index (χ1n) is 9.35. The molecule has 1 heterocycles. The smallest absolute Gasteiger partial charge is 0.225 e. The van der Waals surface area contributed by atoms with Gasteiger partial charge in [-0.1, -0.05) is 44.2 Å². The lowest BCUT2D eigenvalue weighted by Crippen LogP contribution is -2.47. The Bertz CT molecular complexity index is 628. The molecular formula is C20H31IN4O. The standard InChI is InChI=1S/C20H30N4O.HI/c1-15(2)18(25)24-12-9-17(13-24)23-19(21-3)22-14-20(10-11-20)16-7-5-4-6-8-16;/h4-8,15,17H,9-14H2,1-3H3,(H2,21,22,23);1H. The summed E-state index contributed by atoms with van der Waals surface area (Å²) in [5.41, 5.74) is 1.67. The molecule has 1 aliphatic carbocycles. The molecule has 1 amide bonds. The van der Waals surface area contributed by atoms with Gasteiger partial charge in [-0.05, 0) is 24.8 Å². The first-order chi connectivity index (χ1) is 12.0. The lowest BCUT2D eigenvalue weighted by atomic mass is 9.96. The van der Waals surface area contributed by atoms with Crippen LogP contribution in [-0.4, -0.2) is 49.5 Å². The molecule has 5 nitrogen and oxygen atoms in total. The van der Waals surface area contributed by atoms with E-state index in [1.54, 1.807) is 0 Å². The van der Waals surface area contributed by atoms with Gasteiger partial charge in [-0.3, -0.25) is 9.79 Å². The van der Waals surface area contributed by atoms with Crippen molar-refractivity contribution < 1.29 is 4.79 Å². The minimum absolute atomic E-state index is 0. The van der Waals surface area contributed by atoms with Crippen molar-refractivity contribution in [1.29, 1.82) is 0 Å². The zero-order chi connectivity index (χ0) is 17.9. The second kappa shape index (κ2) is 9.06. The summed E-state index contributed by atoms with van der Waals surface area (Å²) in [5.74, 6) is 1.15. The molecular weight excluding hydrogens is 439 g/mol. The highest BCUT2D eigenvalue weighted by molar-refractivity contribution is 14.0. The Morgan fingerprint density at radius 2 is 2.00 bits per heavy atom. The first-order valence-corrected chi connectivity index (χ1v) is 9.35. The van der Waals surface area contributed by atoms with Gasteiger partial charge in [0.2, 0.25) is 5.91 Å². The molecule has 1 saturated carbocycles. The monoisotopic (exact) mass is 470 g/mol. The van der Waals surface area contributed by atoms with Gasteiger partial charge in [0.1, 0.15) is 0 Å². The van der Waals surface area contributed by atoms with Crippen LogP contribution in [0.3, 0.4) is 0 Å². The van der Waals surface area contributed by atoms with Crippen LogP contribution in [0.4, 0.5) is 0 Å². The molecule has 6 heteroatoms. The number of likely N-dealkylation sites (tertiary alicyclic amines) is 1. The summed E-state index contributed by atoms with van der Waals surface area (Å²) in [6.07, 6.45) is 3.42. The highest BCUT2D eigenvalue weighted by Crippen LogP contribution is 2.47. The molecule has 26 heavy (non-hydrogen) atoms. The van der Waals surface area contributed by atoms with Gasteiger partial charge >= 0.3 is 0 Å². The van der Waals surface area contributed by atoms with Gasteiger partial charge < -0.3 is 15.5 Å². The van der Waals surface area contributed by atoms with Gasteiger partial charge in [0.25, 0.3) is 0 Å². The van der Waals surface area contributed by atoms with Crippen molar-refractivity contribution in [3.63, 3.8) is 0 Å². The number of nitrogens with one attached hydrogen (secondary N) is 2.